The van der Waals surface area contributed by atoms with Gasteiger partial charge in [0.15, 0.2) is 5.96 Å². The highest BCUT2D eigenvalue weighted by molar-refractivity contribution is 14.0. The van der Waals surface area contributed by atoms with Crippen molar-refractivity contribution < 1.29 is 9.47 Å². The topological polar surface area (TPSA) is 60.1 Å². The summed E-state index contributed by atoms with van der Waals surface area (Å²) in [6.07, 6.45) is 8.81. The molecule has 0 aliphatic carbocycles. The number of guanidine groups is 1. The minimum absolute atomic E-state index is 0. The van der Waals surface area contributed by atoms with Crippen LogP contribution in [0.15, 0.2) is 4.99 Å². The Balaban J connectivity index is 0.00000441. The van der Waals surface area contributed by atoms with Gasteiger partial charge in [-0.2, -0.15) is 0 Å². The van der Waals surface area contributed by atoms with E-state index in [1.807, 2.05) is 0 Å². The lowest BCUT2D eigenvalue weighted by Gasteiger charge is -2.27. The molecule has 0 spiro atoms. The van der Waals surface area contributed by atoms with Crippen LogP contribution in [0, 0.1) is 0 Å². The number of morpholine rings is 1. The predicted molar refractivity (Wildman–Crippen MR) is 103 cm³/mol. The number of unbranched alkanes of at least 4 members (excludes halogenated alkanes) is 5. The van der Waals surface area contributed by atoms with Crippen molar-refractivity contribution in [1.82, 2.24) is 4.90 Å². The number of aliphatic imine (C=N–C) groups is 1. The van der Waals surface area contributed by atoms with Crippen molar-refractivity contribution in [2.45, 2.75) is 51.9 Å². The molecule has 0 radical (unpaired) electrons. The molecule has 1 fully saturated rings. The first kappa shape index (κ1) is 21.9. The van der Waals surface area contributed by atoms with Gasteiger partial charge in [-0.3, -0.25) is 4.99 Å². The van der Waals surface area contributed by atoms with Gasteiger partial charge in [-0.05, 0) is 12.8 Å². The van der Waals surface area contributed by atoms with Crippen molar-refractivity contribution in [3.8, 4) is 0 Å². The lowest BCUT2D eigenvalue weighted by molar-refractivity contribution is 0.0673. The molecule has 6 heteroatoms. The summed E-state index contributed by atoms with van der Waals surface area (Å²) in [5.74, 6) is 0.647. The monoisotopic (exact) mass is 427 g/mol. The largest absolute Gasteiger partial charge is 0.381 e. The molecule has 0 bridgehead atoms. The van der Waals surface area contributed by atoms with E-state index in [2.05, 4.69) is 16.8 Å². The first-order valence-electron chi connectivity index (χ1n) is 8.55. The molecule has 0 unspecified atom stereocenters. The van der Waals surface area contributed by atoms with Crippen molar-refractivity contribution >= 4 is 29.9 Å². The third-order valence-corrected chi connectivity index (χ3v) is 3.70. The number of nitrogens with zero attached hydrogens (tertiary/aromatic N) is 2. The summed E-state index contributed by atoms with van der Waals surface area (Å²) in [6.45, 7) is 7.86. The van der Waals surface area contributed by atoms with Crippen LogP contribution < -0.4 is 5.73 Å². The zero-order chi connectivity index (χ0) is 15.2. The minimum atomic E-state index is 0. The molecule has 5 nitrogen and oxygen atoms in total. The predicted octanol–water partition coefficient (Wildman–Crippen LogP) is 3.02. The standard InChI is InChI=1S/C16H33N3O2.HI/c1-2-3-4-5-6-7-12-20-13-8-9-18-16(17)19-10-14-21-15-11-19;/h2-15H2,1H3,(H2,17,18);1H. The van der Waals surface area contributed by atoms with Crippen molar-refractivity contribution in [3.63, 3.8) is 0 Å². The molecule has 1 aliphatic heterocycles. The number of halogens is 1. The molecule has 0 aromatic heterocycles. The molecular weight excluding hydrogens is 393 g/mol. The average Bonchev–Trinajstić information content (AvgIpc) is 2.53. The van der Waals surface area contributed by atoms with Gasteiger partial charge < -0.3 is 20.1 Å². The van der Waals surface area contributed by atoms with E-state index in [-0.39, 0.29) is 24.0 Å². The van der Waals surface area contributed by atoms with Crippen LogP contribution in [0.2, 0.25) is 0 Å². The first-order chi connectivity index (χ1) is 10.3. The van der Waals surface area contributed by atoms with Crippen molar-refractivity contribution in [2.75, 3.05) is 46.1 Å². The molecule has 1 heterocycles. The molecular formula is C16H34IN3O2. The minimum Gasteiger partial charge on any atom is -0.381 e. The molecule has 1 rings (SSSR count). The van der Waals surface area contributed by atoms with E-state index < -0.39 is 0 Å². The smallest absolute Gasteiger partial charge is 0.191 e. The Morgan fingerprint density at radius 2 is 1.68 bits per heavy atom. The second kappa shape index (κ2) is 15.8. The lowest BCUT2D eigenvalue weighted by Crippen LogP contribution is -2.44. The van der Waals surface area contributed by atoms with Gasteiger partial charge in [0.2, 0.25) is 0 Å². The van der Waals surface area contributed by atoms with Crippen LogP contribution >= 0.6 is 24.0 Å². The molecule has 22 heavy (non-hydrogen) atoms. The van der Waals surface area contributed by atoms with Crippen LogP contribution in [0.5, 0.6) is 0 Å². The highest BCUT2D eigenvalue weighted by Crippen LogP contribution is 2.05. The van der Waals surface area contributed by atoms with Crippen LogP contribution in [0.1, 0.15) is 51.9 Å². The van der Waals surface area contributed by atoms with E-state index in [1.165, 1.54) is 38.5 Å². The number of nitrogens with two attached hydrogens (primary N) is 1. The maximum atomic E-state index is 5.95. The molecule has 0 atom stereocenters. The summed E-state index contributed by atoms with van der Waals surface area (Å²) in [4.78, 5) is 6.48. The molecule has 132 valence electrons. The van der Waals surface area contributed by atoms with E-state index in [9.17, 15) is 0 Å². The molecule has 1 saturated heterocycles. The van der Waals surface area contributed by atoms with Crippen LogP contribution in [0.25, 0.3) is 0 Å². The first-order valence-corrected chi connectivity index (χ1v) is 8.55. The Morgan fingerprint density at radius 1 is 1.05 bits per heavy atom. The fourth-order valence-corrected chi connectivity index (χ4v) is 2.34. The molecule has 1 aliphatic rings. The van der Waals surface area contributed by atoms with Gasteiger partial charge in [-0.1, -0.05) is 39.0 Å². The van der Waals surface area contributed by atoms with E-state index in [0.29, 0.717) is 5.96 Å². The maximum absolute atomic E-state index is 5.95. The lowest BCUT2D eigenvalue weighted by atomic mass is 10.1. The molecule has 0 amide bonds. The van der Waals surface area contributed by atoms with E-state index in [0.717, 1.165) is 52.5 Å². The summed E-state index contributed by atoms with van der Waals surface area (Å²) in [5, 5.41) is 0. The SMILES string of the molecule is CCCCCCCCOCCCN=C(N)N1CCOCC1.I. The molecule has 0 aromatic rings. The fraction of sp³-hybridized carbons (Fsp3) is 0.938. The van der Waals surface area contributed by atoms with Gasteiger partial charge in [-0.25, -0.2) is 0 Å². The van der Waals surface area contributed by atoms with Crippen molar-refractivity contribution in [3.05, 3.63) is 0 Å². The summed E-state index contributed by atoms with van der Waals surface area (Å²) < 4.78 is 10.9. The Bertz CT molecular complexity index is 272. The van der Waals surface area contributed by atoms with Crippen LogP contribution in [-0.2, 0) is 9.47 Å². The average molecular weight is 427 g/mol. The Kier molecular flexibility index (Phi) is 15.7. The summed E-state index contributed by atoms with van der Waals surface area (Å²) in [5.41, 5.74) is 5.95. The number of rotatable bonds is 11. The molecule has 2 N–H and O–H groups in total. The highest BCUT2D eigenvalue weighted by atomic mass is 127. The van der Waals surface area contributed by atoms with E-state index in [1.54, 1.807) is 0 Å². The van der Waals surface area contributed by atoms with Crippen molar-refractivity contribution in [2.24, 2.45) is 10.7 Å². The highest BCUT2D eigenvalue weighted by Gasteiger charge is 2.11. The Labute approximate surface area is 153 Å². The third kappa shape index (κ3) is 11.5. The van der Waals surface area contributed by atoms with E-state index in [4.69, 9.17) is 15.2 Å². The summed E-state index contributed by atoms with van der Waals surface area (Å²) in [7, 11) is 0. The summed E-state index contributed by atoms with van der Waals surface area (Å²) >= 11 is 0. The molecule has 0 aromatic carbocycles. The maximum Gasteiger partial charge on any atom is 0.191 e. The van der Waals surface area contributed by atoms with Gasteiger partial charge >= 0.3 is 0 Å². The normalized spacial score (nSPS) is 15.7. The van der Waals surface area contributed by atoms with Gasteiger partial charge in [0.1, 0.15) is 0 Å². The van der Waals surface area contributed by atoms with Crippen LogP contribution in [0.3, 0.4) is 0 Å². The quantitative estimate of drug-likeness (QED) is 0.238. The van der Waals surface area contributed by atoms with Gasteiger partial charge in [-0.15, -0.1) is 24.0 Å². The second-order valence-corrected chi connectivity index (χ2v) is 5.57. The Hall–Kier alpha value is -0.0800. The second-order valence-electron chi connectivity index (χ2n) is 5.57. The number of hydrogen-bond donors (Lipinski definition) is 1. The number of hydrogen-bond acceptors (Lipinski definition) is 3. The van der Waals surface area contributed by atoms with Crippen LogP contribution in [0.4, 0.5) is 0 Å². The molecule has 0 saturated carbocycles. The Morgan fingerprint density at radius 3 is 2.41 bits per heavy atom. The van der Waals surface area contributed by atoms with Gasteiger partial charge in [0, 0.05) is 32.8 Å². The number of ether oxygens (including phenoxy) is 2. The fourth-order valence-electron chi connectivity index (χ4n) is 2.34. The third-order valence-electron chi connectivity index (χ3n) is 3.70. The van der Waals surface area contributed by atoms with Gasteiger partial charge in [0.05, 0.1) is 13.2 Å². The van der Waals surface area contributed by atoms with Crippen LogP contribution in [-0.4, -0.2) is 56.9 Å². The van der Waals surface area contributed by atoms with Gasteiger partial charge in [0.25, 0.3) is 0 Å². The summed E-state index contributed by atoms with van der Waals surface area (Å²) in [6, 6.07) is 0. The van der Waals surface area contributed by atoms with E-state index >= 15 is 0 Å². The van der Waals surface area contributed by atoms with Crippen molar-refractivity contribution in [1.29, 1.82) is 0 Å². The zero-order valence-corrected chi connectivity index (χ0v) is 16.4. The zero-order valence-electron chi connectivity index (χ0n) is 14.1.